The zero-order valence-electron chi connectivity index (χ0n) is 16.5. The van der Waals surface area contributed by atoms with E-state index >= 15 is 0 Å². The van der Waals surface area contributed by atoms with Crippen molar-refractivity contribution in [3.05, 3.63) is 29.6 Å². The maximum absolute atomic E-state index is 14.9. The molecule has 1 aliphatic heterocycles. The van der Waals surface area contributed by atoms with Gasteiger partial charge in [0.05, 0.1) is 19.8 Å². The van der Waals surface area contributed by atoms with Gasteiger partial charge in [0.15, 0.2) is 0 Å². The van der Waals surface area contributed by atoms with Crippen molar-refractivity contribution in [2.24, 2.45) is 0 Å². The molecule has 1 saturated heterocycles. The fourth-order valence-electron chi connectivity index (χ4n) is 2.56. The smallest absolute Gasteiger partial charge is 0.342 e. The van der Waals surface area contributed by atoms with Crippen LogP contribution in [0.5, 0.6) is 5.75 Å². The molecule has 4 atom stereocenters. The van der Waals surface area contributed by atoms with Gasteiger partial charge in [-0.3, -0.25) is 0 Å². The summed E-state index contributed by atoms with van der Waals surface area (Å²) in [6.07, 6.45) is -1.73. The highest BCUT2D eigenvalue weighted by Crippen LogP contribution is 2.30. The van der Waals surface area contributed by atoms with Crippen LogP contribution in [0, 0.1) is 5.82 Å². The van der Waals surface area contributed by atoms with Crippen LogP contribution in [0.2, 0.25) is 0 Å². The topological polar surface area (TPSA) is 79.9 Å². The molecule has 158 valence electrons. The molecule has 0 spiro atoms. The summed E-state index contributed by atoms with van der Waals surface area (Å²) in [6.45, 7) is 7.54. The minimum Gasteiger partial charge on any atom is -0.598 e. The number of hydrogen-bond donors (Lipinski definition) is 1. The molecule has 0 bridgehead atoms. The highest BCUT2D eigenvalue weighted by Gasteiger charge is 2.39. The number of alkyl halides is 1. The van der Waals surface area contributed by atoms with Crippen molar-refractivity contribution in [3.63, 3.8) is 0 Å². The maximum atomic E-state index is 14.9. The molecule has 0 aromatic heterocycles. The van der Waals surface area contributed by atoms with Gasteiger partial charge in [0.1, 0.15) is 28.5 Å². The van der Waals surface area contributed by atoms with E-state index in [2.05, 4.69) is 4.72 Å². The predicted molar refractivity (Wildman–Crippen MR) is 102 cm³/mol. The number of rotatable bonds is 8. The van der Waals surface area contributed by atoms with Gasteiger partial charge in [-0.2, -0.15) is 0 Å². The molecule has 1 aromatic carbocycles. The van der Waals surface area contributed by atoms with Gasteiger partial charge >= 0.3 is 5.97 Å². The van der Waals surface area contributed by atoms with Crippen LogP contribution in [0.4, 0.5) is 8.78 Å². The SMILES string of the molecule is CCOC(=O)[C@H](F)[C@@H](N[S@+]([O-])C(C)(C)C)c1cc(O[C@@H]2CCOC2)ccc1F. The fourth-order valence-corrected chi connectivity index (χ4v) is 3.39. The second-order valence-electron chi connectivity index (χ2n) is 7.42. The number of carbonyl (C=O) groups excluding carboxylic acids is 1. The van der Waals surface area contributed by atoms with Crippen molar-refractivity contribution in [1.82, 2.24) is 4.72 Å². The highest BCUT2D eigenvalue weighted by atomic mass is 32.2. The Morgan fingerprint density at radius 3 is 2.75 bits per heavy atom. The quantitative estimate of drug-likeness (QED) is 0.516. The van der Waals surface area contributed by atoms with Crippen molar-refractivity contribution in [2.45, 2.75) is 57.2 Å². The third kappa shape index (κ3) is 6.04. The lowest BCUT2D eigenvalue weighted by molar-refractivity contribution is -0.150. The van der Waals surface area contributed by atoms with Gasteiger partial charge in [0, 0.05) is 23.3 Å². The lowest BCUT2D eigenvalue weighted by Gasteiger charge is -2.29. The van der Waals surface area contributed by atoms with Crippen LogP contribution < -0.4 is 9.46 Å². The van der Waals surface area contributed by atoms with Gasteiger partial charge in [-0.25, -0.2) is 13.6 Å². The molecule has 1 aromatic rings. The van der Waals surface area contributed by atoms with E-state index in [9.17, 15) is 18.1 Å². The van der Waals surface area contributed by atoms with Crippen LogP contribution in [0.15, 0.2) is 18.2 Å². The molecule has 0 radical (unpaired) electrons. The molecule has 0 amide bonds. The Hall–Kier alpha value is -1.42. The molecule has 1 heterocycles. The zero-order chi connectivity index (χ0) is 20.9. The van der Waals surface area contributed by atoms with Gasteiger partial charge < -0.3 is 18.8 Å². The van der Waals surface area contributed by atoms with E-state index in [1.807, 2.05) is 0 Å². The first-order valence-electron chi connectivity index (χ1n) is 9.16. The van der Waals surface area contributed by atoms with Crippen LogP contribution >= 0.6 is 0 Å². The Balaban J connectivity index is 2.33. The minimum absolute atomic E-state index is 0.0261. The summed E-state index contributed by atoms with van der Waals surface area (Å²) in [5.74, 6) is -1.58. The number of benzene rings is 1. The van der Waals surface area contributed by atoms with E-state index in [1.165, 1.54) is 12.1 Å². The number of ether oxygens (including phenoxy) is 3. The second kappa shape index (κ2) is 9.87. The van der Waals surface area contributed by atoms with Crippen molar-refractivity contribution < 1.29 is 32.3 Å². The van der Waals surface area contributed by atoms with Gasteiger partial charge in [0.25, 0.3) is 0 Å². The number of hydrogen-bond acceptors (Lipinski definition) is 6. The van der Waals surface area contributed by atoms with Crippen molar-refractivity contribution >= 4 is 17.3 Å². The fraction of sp³-hybridized carbons (Fsp3) is 0.632. The second-order valence-corrected chi connectivity index (χ2v) is 9.42. The minimum atomic E-state index is -2.24. The number of nitrogens with one attached hydrogen (secondary N) is 1. The standard InChI is InChI=1S/C19H27F2NO5S/c1-5-26-18(23)16(21)17(22-28(24)19(2,3)4)14-10-12(6-7-15(14)20)27-13-8-9-25-11-13/h6-7,10,13,16-17,22H,5,8-9,11H2,1-4H3/t13-,16-,17+,28-/m1/s1. The van der Waals surface area contributed by atoms with E-state index in [4.69, 9.17) is 14.2 Å². The molecule has 0 aliphatic carbocycles. The molecule has 2 rings (SSSR count). The van der Waals surface area contributed by atoms with Crippen molar-refractivity contribution in [3.8, 4) is 5.75 Å². The molecule has 0 unspecified atom stereocenters. The molecule has 9 heteroatoms. The van der Waals surface area contributed by atoms with E-state index in [0.29, 0.717) is 25.4 Å². The summed E-state index contributed by atoms with van der Waals surface area (Å²) in [5, 5.41) is 0. The number of halogens is 2. The molecular formula is C19H27F2NO5S. The molecule has 6 nitrogen and oxygen atoms in total. The van der Waals surface area contributed by atoms with Crippen molar-refractivity contribution in [2.75, 3.05) is 19.8 Å². The lowest BCUT2D eigenvalue weighted by Crippen LogP contribution is -2.46. The van der Waals surface area contributed by atoms with Crippen LogP contribution in [0.3, 0.4) is 0 Å². The third-order valence-electron chi connectivity index (χ3n) is 4.09. The Morgan fingerprint density at radius 1 is 1.46 bits per heavy atom. The van der Waals surface area contributed by atoms with E-state index < -0.39 is 40.1 Å². The summed E-state index contributed by atoms with van der Waals surface area (Å²) < 4.78 is 59.5. The van der Waals surface area contributed by atoms with Crippen LogP contribution in [0.1, 0.15) is 45.7 Å². The van der Waals surface area contributed by atoms with E-state index in [1.54, 1.807) is 27.7 Å². The highest BCUT2D eigenvalue weighted by molar-refractivity contribution is 7.90. The summed E-state index contributed by atoms with van der Waals surface area (Å²) in [6, 6.07) is 2.37. The van der Waals surface area contributed by atoms with Crippen molar-refractivity contribution in [1.29, 1.82) is 0 Å². The van der Waals surface area contributed by atoms with Gasteiger partial charge in [-0.15, -0.1) is 4.72 Å². The van der Waals surface area contributed by atoms with E-state index in [0.717, 1.165) is 6.07 Å². The molecule has 1 N–H and O–H groups in total. The lowest BCUT2D eigenvalue weighted by atomic mass is 10.0. The Kier molecular flexibility index (Phi) is 8.06. The Morgan fingerprint density at radius 2 is 2.18 bits per heavy atom. The number of esters is 1. The summed E-state index contributed by atoms with van der Waals surface area (Å²) in [4.78, 5) is 12.0. The maximum Gasteiger partial charge on any atom is 0.342 e. The first kappa shape index (κ1) is 22.9. The largest absolute Gasteiger partial charge is 0.598 e. The summed E-state index contributed by atoms with van der Waals surface area (Å²) in [7, 11) is 0. The average molecular weight is 419 g/mol. The van der Waals surface area contributed by atoms with Gasteiger partial charge in [-0.1, -0.05) is 0 Å². The third-order valence-corrected chi connectivity index (χ3v) is 5.67. The monoisotopic (exact) mass is 419 g/mol. The predicted octanol–water partition coefficient (Wildman–Crippen LogP) is 2.99. The zero-order valence-corrected chi connectivity index (χ0v) is 17.3. The molecule has 28 heavy (non-hydrogen) atoms. The summed E-state index contributed by atoms with van der Waals surface area (Å²) in [5.41, 5.74) is -0.158. The molecular weight excluding hydrogens is 392 g/mol. The molecule has 0 saturated carbocycles. The van der Waals surface area contributed by atoms with Crippen LogP contribution in [0.25, 0.3) is 0 Å². The first-order valence-corrected chi connectivity index (χ1v) is 10.3. The van der Waals surface area contributed by atoms with Gasteiger partial charge in [0.2, 0.25) is 6.17 Å². The summed E-state index contributed by atoms with van der Waals surface area (Å²) >= 11 is -1.75. The normalized spacial score (nSPS) is 20.5. The van der Waals surface area contributed by atoms with Crippen LogP contribution in [-0.2, 0) is 25.6 Å². The number of carbonyl (C=O) groups is 1. The van der Waals surface area contributed by atoms with Crippen LogP contribution in [-0.4, -0.2) is 47.4 Å². The van der Waals surface area contributed by atoms with Gasteiger partial charge in [-0.05, 0) is 45.9 Å². The molecule has 1 fully saturated rings. The average Bonchev–Trinajstić information content (AvgIpc) is 3.13. The van der Waals surface area contributed by atoms with E-state index in [-0.39, 0.29) is 18.3 Å². The Bertz CT molecular complexity index is 664. The molecule has 1 aliphatic rings. The first-order chi connectivity index (χ1) is 13.1. The Labute approximate surface area is 167 Å².